The van der Waals surface area contributed by atoms with E-state index in [1.54, 1.807) is 16.5 Å². The van der Waals surface area contributed by atoms with Gasteiger partial charge < -0.3 is 4.90 Å². The third-order valence-corrected chi connectivity index (χ3v) is 4.19. The molecule has 0 N–H and O–H groups in total. The number of aromatic nitrogens is 2. The van der Waals surface area contributed by atoms with Crippen LogP contribution in [0.4, 0.5) is 18.0 Å². The molecule has 122 valence electrons. The normalized spacial score (nSPS) is 16.1. The first kappa shape index (κ1) is 15.7. The fraction of sp³-hybridized carbons (Fsp3) is 0.357. The van der Waals surface area contributed by atoms with E-state index in [9.17, 15) is 18.0 Å². The van der Waals surface area contributed by atoms with Crippen molar-refractivity contribution in [1.29, 1.82) is 0 Å². The molecule has 0 aromatic carbocycles. The summed E-state index contributed by atoms with van der Waals surface area (Å²) in [6, 6.07) is 3.26. The second kappa shape index (κ2) is 6.15. The lowest BCUT2D eigenvalue weighted by Gasteiger charge is -2.11. The summed E-state index contributed by atoms with van der Waals surface area (Å²) in [5, 5.41) is 1.65. The molecule has 0 aliphatic carbocycles. The van der Waals surface area contributed by atoms with E-state index in [1.807, 2.05) is 0 Å². The molecular formula is C14H13F3N4OS. The van der Waals surface area contributed by atoms with Gasteiger partial charge in [-0.05, 0) is 25.0 Å². The fourth-order valence-corrected chi connectivity index (χ4v) is 3.01. The molecular weight excluding hydrogens is 329 g/mol. The quantitative estimate of drug-likeness (QED) is 0.800. The number of carbonyl (C=O) groups is 1. The number of hydrogen-bond acceptors (Lipinski definition) is 3. The summed E-state index contributed by atoms with van der Waals surface area (Å²) in [4.78, 5) is 21.6. The number of hydrogen-bond donors (Lipinski definition) is 0. The van der Waals surface area contributed by atoms with Gasteiger partial charge in [0.05, 0.1) is 0 Å². The highest BCUT2D eigenvalue weighted by Gasteiger charge is 2.32. The molecule has 1 saturated heterocycles. The Balaban J connectivity index is 1.96. The molecule has 9 heteroatoms. The van der Waals surface area contributed by atoms with E-state index >= 15 is 0 Å². The molecule has 0 bridgehead atoms. The molecule has 0 saturated carbocycles. The zero-order valence-corrected chi connectivity index (χ0v) is 12.8. The van der Waals surface area contributed by atoms with E-state index in [4.69, 9.17) is 0 Å². The number of alkyl halides is 3. The van der Waals surface area contributed by atoms with E-state index in [0.717, 1.165) is 18.9 Å². The maximum atomic E-state index is 12.8. The molecule has 23 heavy (non-hydrogen) atoms. The number of carbonyl (C=O) groups excluding carboxylic acids is 1. The standard InChI is InChI=1S/C14H13F3N4OS/c15-14(16,17)10-4-3-5-11(18-10)21-8-9-23-13(21)19-12(22)20-6-1-2-7-20/h3-5,8-9H,1-2,6-7H2. The van der Waals surface area contributed by atoms with Gasteiger partial charge in [0.2, 0.25) is 0 Å². The molecule has 5 nitrogen and oxygen atoms in total. The Bertz CT molecular complexity index is 775. The Labute approximate surface area is 133 Å². The lowest BCUT2D eigenvalue weighted by molar-refractivity contribution is -0.141. The van der Waals surface area contributed by atoms with Crippen molar-refractivity contribution in [2.75, 3.05) is 13.1 Å². The predicted octanol–water partition coefficient (Wildman–Crippen LogP) is 3.07. The summed E-state index contributed by atoms with van der Waals surface area (Å²) < 4.78 is 39.7. The van der Waals surface area contributed by atoms with Crippen LogP contribution in [0.25, 0.3) is 5.82 Å². The van der Waals surface area contributed by atoms with Crippen LogP contribution in [-0.2, 0) is 6.18 Å². The molecule has 2 amide bonds. The van der Waals surface area contributed by atoms with Crippen LogP contribution in [0.2, 0.25) is 0 Å². The van der Waals surface area contributed by atoms with E-state index < -0.39 is 11.9 Å². The highest BCUT2D eigenvalue weighted by atomic mass is 32.1. The first-order valence-corrected chi connectivity index (χ1v) is 7.87. The van der Waals surface area contributed by atoms with Gasteiger partial charge in [0.15, 0.2) is 4.80 Å². The Morgan fingerprint density at radius 1 is 1.26 bits per heavy atom. The predicted molar refractivity (Wildman–Crippen MR) is 78.2 cm³/mol. The lowest BCUT2D eigenvalue weighted by atomic mass is 10.3. The summed E-state index contributed by atoms with van der Waals surface area (Å²) in [5.74, 6) is 0.0778. The van der Waals surface area contributed by atoms with Gasteiger partial charge in [-0.15, -0.1) is 11.3 Å². The lowest BCUT2D eigenvalue weighted by Crippen LogP contribution is -2.27. The largest absolute Gasteiger partial charge is 0.433 e. The van der Waals surface area contributed by atoms with Crippen molar-refractivity contribution in [1.82, 2.24) is 14.5 Å². The molecule has 0 radical (unpaired) electrons. The Morgan fingerprint density at radius 3 is 2.70 bits per heavy atom. The Hall–Kier alpha value is -2.16. The van der Waals surface area contributed by atoms with Gasteiger partial charge in [-0.2, -0.15) is 18.2 Å². The molecule has 0 atom stereocenters. The summed E-state index contributed by atoms with van der Waals surface area (Å²) in [5.41, 5.74) is -0.981. The van der Waals surface area contributed by atoms with Gasteiger partial charge in [0.25, 0.3) is 0 Å². The molecule has 0 unspecified atom stereocenters. The Morgan fingerprint density at radius 2 is 2.00 bits per heavy atom. The monoisotopic (exact) mass is 342 g/mol. The maximum absolute atomic E-state index is 12.8. The van der Waals surface area contributed by atoms with Crippen LogP contribution >= 0.6 is 11.3 Å². The van der Waals surface area contributed by atoms with Crippen molar-refractivity contribution in [3.8, 4) is 5.82 Å². The van der Waals surface area contributed by atoms with Crippen molar-refractivity contribution in [3.05, 3.63) is 40.3 Å². The summed E-state index contributed by atoms with van der Waals surface area (Å²) in [7, 11) is 0. The van der Waals surface area contributed by atoms with Gasteiger partial charge in [-0.25, -0.2) is 9.78 Å². The minimum Gasteiger partial charge on any atom is -0.323 e. The second-order valence-electron chi connectivity index (χ2n) is 5.02. The number of halogens is 3. The number of thiazole rings is 1. The van der Waals surface area contributed by atoms with Crippen LogP contribution in [0.5, 0.6) is 0 Å². The molecule has 2 aromatic heterocycles. The second-order valence-corrected chi connectivity index (χ2v) is 5.90. The first-order valence-electron chi connectivity index (χ1n) is 6.99. The molecule has 0 spiro atoms. The average Bonchev–Trinajstić information content (AvgIpc) is 3.18. The Kier molecular flexibility index (Phi) is 4.20. The van der Waals surface area contributed by atoms with E-state index in [1.165, 1.54) is 28.0 Å². The maximum Gasteiger partial charge on any atom is 0.433 e. The van der Waals surface area contributed by atoms with E-state index in [-0.39, 0.29) is 11.8 Å². The topological polar surface area (TPSA) is 50.5 Å². The number of likely N-dealkylation sites (tertiary alicyclic amines) is 1. The van der Waals surface area contributed by atoms with Gasteiger partial charge >= 0.3 is 12.2 Å². The molecule has 2 aromatic rings. The third-order valence-electron chi connectivity index (χ3n) is 3.43. The van der Waals surface area contributed by atoms with Crippen molar-refractivity contribution in [3.63, 3.8) is 0 Å². The zero-order valence-electron chi connectivity index (χ0n) is 12.0. The summed E-state index contributed by atoms with van der Waals surface area (Å²) in [6.07, 6.45) is -1.08. The van der Waals surface area contributed by atoms with Crippen LogP contribution < -0.4 is 4.80 Å². The van der Waals surface area contributed by atoms with Crippen LogP contribution in [-0.4, -0.2) is 33.6 Å². The average molecular weight is 342 g/mol. The highest BCUT2D eigenvalue weighted by molar-refractivity contribution is 7.07. The van der Waals surface area contributed by atoms with Crippen LogP contribution in [0.3, 0.4) is 0 Å². The fourth-order valence-electron chi connectivity index (χ4n) is 2.30. The van der Waals surface area contributed by atoms with Crippen molar-refractivity contribution < 1.29 is 18.0 Å². The minimum atomic E-state index is -4.52. The van der Waals surface area contributed by atoms with Crippen molar-refractivity contribution in [2.45, 2.75) is 19.0 Å². The first-order chi connectivity index (χ1) is 10.9. The van der Waals surface area contributed by atoms with E-state index in [0.29, 0.717) is 17.9 Å². The summed E-state index contributed by atoms with van der Waals surface area (Å²) >= 11 is 1.17. The molecule has 3 heterocycles. The zero-order chi connectivity index (χ0) is 16.4. The van der Waals surface area contributed by atoms with Crippen LogP contribution in [0.1, 0.15) is 18.5 Å². The molecule has 3 rings (SSSR count). The third kappa shape index (κ3) is 3.44. The molecule has 1 aliphatic rings. The van der Waals surface area contributed by atoms with Gasteiger partial charge in [-0.3, -0.25) is 4.57 Å². The van der Waals surface area contributed by atoms with E-state index in [2.05, 4.69) is 9.98 Å². The number of nitrogens with zero attached hydrogens (tertiary/aromatic N) is 4. The number of rotatable bonds is 1. The highest BCUT2D eigenvalue weighted by Crippen LogP contribution is 2.27. The van der Waals surface area contributed by atoms with Crippen LogP contribution in [0, 0.1) is 0 Å². The number of pyridine rings is 1. The van der Waals surface area contributed by atoms with Gasteiger partial charge in [-0.1, -0.05) is 6.07 Å². The molecule has 1 fully saturated rings. The SMILES string of the molecule is O=C(N=c1sccn1-c1cccc(C(F)(F)F)n1)N1CCCC1. The summed E-state index contributed by atoms with van der Waals surface area (Å²) in [6.45, 7) is 1.32. The minimum absolute atomic E-state index is 0.0778. The number of urea groups is 1. The number of amides is 2. The van der Waals surface area contributed by atoms with Gasteiger partial charge in [0.1, 0.15) is 11.5 Å². The smallest absolute Gasteiger partial charge is 0.323 e. The van der Waals surface area contributed by atoms with Crippen molar-refractivity contribution >= 4 is 17.4 Å². The van der Waals surface area contributed by atoms with Gasteiger partial charge in [0, 0.05) is 24.7 Å². The van der Waals surface area contributed by atoms with Crippen LogP contribution in [0.15, 0.2) is 34.8 Å². The van der Waals surface area contributed by atoms with Crippen molar-refractivity contribution in [2.24, 2.45) is 4.99 Å². The molecule has 1 aliphatic heterocycles.